The van der Waals surface area contributed by atoms with E-state index in [0.717, 1.165) is 6.42 Å². The minimum absolute atomic E-state index is 0.0229. The monoisotopic (exact) mass is 265 g/mol. The smallest absolute Gasteiger partial charge is 0.226 e. The Morgan fingerprint density at radius 3 is 2.47 bits per heavy atom. The molecule has 0 radical (unpaired) electrons. The van der Waals surface area contributed by atoms with Crippen molar-refractivity contribution in [2.45, 2.75) is 45.4 Å². The van der Waals surface area contributed by atoms with Crippen LogP contribution in [0, 0.1) is 17.8 Å². The number of hydrogen-bond donors (Lipinski definition) is 1. The lowest BCUT2D eigenvalue weighted by molar-refractivity contribution is -0.137. The molecule has 5 nitrogen and oxygen atoms in total. The number of Topliss-reactive ketones (excluding diaryl/α,β-unsaturated/α-hetero) is 2. The number of hydrogen-bond acceptors (Lipinski definition) is 4. The van der Waals surface area contributed by atoms with Gasteiger partial charge in [-0.05, 0) is 24.7 Å². The van der Waals surface area contributed by atoms with Crippen molar-refractivity contribution in [1.82, 2.24) is 5.32 Å². The Bertz CT molecular complexity index is 413. The van der Waals surface area contributed by atoms with Crippen LogP contribution in [0.1, 0.15) is 45.4 Å². The minimum Gasteiger partial charge on any atom is -0.299 e. The summed E-state index contributed by atoms with van der Waals surface area (Å²) in [4.78, 5) is 46.5. The first-order valence-corrected chi connectivity index (χ1v) is 6.83. The standard InChI is InChI=1S/C14H19NO4/c1-8-2-3-11(16)10(4-8)12(17)5-9-6-13(18)15-14(19)7-9/h8-10H,2-7H2,1H3,(H,15,18,19)/t8-,10-/m0/s1. The molecule has 2 rings (SSSR count). The van der Waals surface area contributed by atoms with Crippen molar-refractivity contribution in [1.29, 1.82) is 0 Å². The van der Waals surface area contributed by atoms with Gasteiger partial charge in [0.05, 0.1) is 5.92 Å². The molecule has 1 saturated heterocycles. The molecule has 1 N–H and O–H groups in total. The van der Waals surface area contributed by atoms with E-state index in [2.05, 4.69) is 5.32 Å². The molecule has 2 atom stereocenters. The van der Waals surface area contributed by atoms with Crippen LogP contribution in [0.2, 0.25) is 0 Å². The summed E-state index contributed by atoms with van der Waals surface area (Å²) in [5.74, 6) is -1.07. The van der Waals surface area contributed by atoms with Crippen LogP contribution in [0.5, 0.6) is 0 Å². The normalized spacial score (nSPS) is 29.2. The second-order valence-electron chi connectivity index (χ2n) is 5.81. The molecule has 0 spiro atoms. The van der Waals surface area contributed by atoms with Gasteiger partial charge < -0.3 is 0 Å². The van der Waals surface area contributed by atoms with Crippen LogP contribution in [0.15, 0.2) is 0 Å². The lowest BCUT2D eigenvalue weighted by Gasteiger charge is -2.26. The van der Waals surface area contributed by atoms with Gasteiger partial charge in [0.2, 0.25) is 11.8 Å². The first-order chi connectivity index (χ1) is 8.95. The third-order valence-electron chi connectivity index (χ3n) is 4.02. The number of piperidine rings is 1. The van der Waals surface area contributed by atoms with Gasteiger partial charge in [0.1, 0.15) is 11.6 Å². The highest BCUT2D eigenvalue weighted by atomic mass is 16.2. The third kappa shape index (κ3) is 3.49. The Hall–Kier alpha value is -1.52. The van der Waals surface area contributed by atoms with Crippen molar-refractivity contribution in [2.24, 2.45) is 17.8 Å². The molecule has 1 heterocycles. The van der Waals surface area contributed by atoms with Crippen LogP contribution >= 0.6 is 0 Å². The highest BCUT2D eigenvalue weighted by Crippen LogP contribution is 2.29. The summed E-state index contributed by atoms with van der Waals surface area (Å²) in [5, 5.41) is 2.22. The van der Waals surface area contributed by atoms with Crippen molar-refractivity contribution in [2.75, 3.05) is 0 Å². The van der Waals surface area contributed by atoms with Crippen LogP contribution in [0.3, 0.4) is 0 Å². The first-order valence-electron chi connectivity index (χ1n) is 6.83. The number of carbonyl (C=O) groups excluding carboxylic acids is 4. The number of amides is 2. The van der Waals surface area contributed by atoms with Gasteiger partial charge in [-0.25, -0.2) is 0 Å². The second-order valence-corrected chi connectivity index (χ2v) is 5.81. The van der Waals surface area contributed by atoms with Crippen LogP contribution in [-0.2, 0) is 19.2 Å². The second kappa shape index (κ2) is 5.63. The first kappa shape index (κ1) is 13.9. The van der Waals surface area contributed by atoms with Crippen LogP contribution in [0.25, 0.3) is 0 Å². The quantitative estimate of drug-likeness (QED) is 0.610. The van der Waals surface area contributed by atoms with Crippen LogP contribution in [0.4, 0.5) is 0 Å². The fraction of sp³-hybridized carbons (Fsp3) is 0.714. The van der Waals surface area contributed by atoms with Crippen molar-refractivity contribution in [3.63, 3.8) is 0 Å². The van der Waals surface area contributed by atoms with Crippen LogP contribution in [-0.4, -0.2) is 23.4 Å². The van der Waals surface area contributed by atoms with Crippen molar-refractivity contribution < 1.29 is 19.2 Å². The Morgan fingerprint density at radius 1 is 1.21 bits per heavy atom. The van der Waals surface area contributed by atoms with Gasteiger partial charge in [0.15, 0.2) is 0 Å². The molecule has 0 aromatic rings. The highest BCUT2D eigenvalue weighted by Gasteiger charge is 2.34. The number of ketones is 2. The van der Waals surface area contributed by atoms with Gasteiger partial charge in [-0.1, -0.05) is 6.92 Å². The topological polar surface area (TPSA) is 80.3 Å². The van der Waals surface area contributed by atoms with Crippen molar-refractivity contribution >= 4 is 23.4 Å². The molecule has 1 saturated carbocycles. The van der Waals surface area contributed by atoms with Gasteiger partial charge in [-0.3, -0.25) is 24.5 Å². The predicted octanol–water partition coefficient (Wildman–Crippen LogP) is 1.00. The zero-order valence-electron chi connectivity index (χ0n) is 11.1. The van der Waals surface area contributed by atoms with Gasteiger partial charge in [0.25, 0.3) is 0 Å². The summed E-state index contributed by atoms with van der Waals surface area (Å²) in [6, 6.07) is 0. The number of carbonyl (C=O) groups is 4. The molecular formula is C14H19NO4. The van der Waals surface area contributed by atoms with Crippen molar-refractivity contribution in [3.8, 4) is 0 Å². The Morgan fingerprint density at radius 2 is 1.84 bits per heavy atom. The maximum atomic E-state index is 12.2. The van der Waals surface area contributed by atoms with Gasteiger partial charge in [-0.2, -0.15) is 0 Å². The number of nitrogens with one attached hydrogen (secondary N) is 1. The molecule has 1 aliphatic carbocycles. The molecule has 0 unspecified atom stereocenters. The SMILES string of the molecule is C[C@H]1CCC(=O)[C@@H](C(=O)CC2CC(=O)NC(=O)C2)C1. The summed E-state index contributed by atoms with van der Waals surface area (Å²) < 4.78 is 0. The zero-order chi connectivity index (χ0) is 14.0. The van der Waals surface area contributed by atoms with E-state index in [1.54, 1.807) is 0 Å². The average molecular weight is 265 g/mol. The Balaban J connectivity index is 1.94. The van der Waals surface area contributed by atoms with E-state index in [1.807, 2.05) is 6.92 Å². The zero-order valence-corrected chi connectivity index (χ0v) is 11.1. The van der Waals surface area contributed by atoms with E-state index in [0.29, 0.717) is 18.8 Å². The molecular weight excluding hydrogens is 246 g/mol. The molecule has 104 valence electrons. The van der Waals surface area contributed by atoms with Gasteiger partial charge >= 0.3 is 0 Å². The van der Waals surface area contributed by atoms with E-state index >= 15 is 0 Å². The maximum Gasteiger partial charge on any atom is 0.226 e. The molecule has 2 aliphatic rings. The molecule has 2 amide bonds. The summed E-state index contributed by atoms with van der Waals surface area (Å²) in [6.45, 7) is 2.05. The number of imide groups is 1. The largest absolute Gasteiger partial charge is 0.299 e. The fourth-order valence-electron chi connectivity index (χ4n) is 2.95. The molecule has 19 heavy (non-hydrogen) atoms. The summed E-state index contributed by atoms with van der Waals surface area (Å²) in [6.07, 6.45) is 2.52. The fourth-order valence-corrected chi connectivity index (χ4v) is 2.95. The highest BCUT2D eigenvalue weighted by molar-refractivity contribution is 6.04. The van der Waals surface area contributed by atoms with E-state index in [1.165, 1.54) is 0 Å². The molecule has 0 bridgehead atoms. The molecule has 0 aromatic heterocycles. The lowest BCUT2D eigenvalue weighted by Crippen LogP contribution is -2.40. The summed E-state index contributed by atoms with van der Waals surface area (Å²) >= 11 is 0. The average Bonchev–Trinajstić information content (AvgIpc) is 2.30. The minimum atomic E-state index is -0.510. The van der Waals surface area contributed by atoms with Gasteiger partial charge in [-0.15, -0.1) is 0 Å². The van der Waals surface area contributed by atoms with E-state index in [9.17, 15) is 19.2 Å². The summed E-state index contributed by atoms with van der Waals surface area (Å²) in [7, 11) is 0. The van der Waals surface area contributed by atoms with E-state index in [4.69, 9.17) is 0 Å². The van der Waals surface area contributed by atoms with Crippen LogP contribution < -0.4 is 5.32 Å². The van der Waals surface area contributed by atoms with Gasteiger partial charge in [0, 0.05) is 25.7 Å². The predicted molar refractivity (Wildman–Crippen MR) is 67.0 cm³/mol. The Kier molecular flexibility index (Phi) is 4.12. The molecule has 1 aliphatic heterocycles. The van der Waals surface area contributed by atoms with E-state index < -0.39 is 5.92 Å². The van der Waals surface area contributed by atoms with Crippen molar-refractivity contribution in [3.05, 3.63) is 0 Å². The third-order valence-corrected chi connectivity index (χ3v) is 4.02. The Labute approximate surface area is 112 Å². The molecule has 0 aromatic carbocycles. The molecule has 2 fully saturated rings. The summed E-state index contributed by atoms with van der Waals surface area (Å²) in [5.41, 5.74) is 0. The number of rotatable bonds is 3. The maximum absolute atomic E-state index is 12.2. The van der Waals surface area contributed by atoms with E-state index in [-0.39, 0.29) is 48.6 Å². The lowest BCUT2D eigenvalue weighted by atomic mass is 9.76. The molecule has 5 heteroatoms.